The Morgan fingerprint density at radius 2 is 1.97 bits per heavy atom. The van der Waals surface area contributed by atoms with Gasteiger partial charge < -0.3 is 20.1 Å². The van der Waals surface area contributed by atoms with E-state index >= 15 is 0 Å². The predicted molar refractivity (Wildman–Crippen MR) is 123 cm³/mol. The van der Waals surface area contributed by atoms with E-state index in [0.29, 0.717) is 30.4 Å². The topological polar surface area (TPSA) is 67.8 Å². The molecule has 0 aliphatic heterocycles. The molecule has 0 fully saturated rings. The summed E-state index contributed by atoms with van der Waals surface area (Å²) in [5, 5.41) is 7.23. The van der Waals surface area contributed by atoms with E-state index in [2.05, 4.69) is 25.3 Å². The Labute approximate surface area is 191 Å². The zero-order valence-electron chi connectivity index (χ0n) is 16.9. The van der Waals surface area contributed by atoms with Crippen LogP contribution >= 0.6 is 35.3 Å². The molecule has 29 heavy (non-hydrogen) atoms. The minimum atomic E-state index is -2.91. The Kier molecular flexibility index (Phi) is 11.2. The summed E-state index contributed by atoms with van der Waals surface area (Å²) in [5.41, 5.74) is 1.59. The molecule has 0 spiro atoms. The molecular formula is C19H27F2IN4O2S. The van der Waals surface area contributed by atoms with E-state index in [1.54, 1.807) is 30.5 Å². The van der Waals surface area contributed by atoms with Crippen LogP contribution in [0.25, 0.3) is 0 Å². The Balaban J connectivity index is 0.00000420. The largest absolute Gasteiger partial charge is 0.493 e. The molecule has 0 radical (unpaired) electrons. The summed E-state index contributed by atoms with van der Waals surface area (Å²) in [6.45, 7) is 4.38. The van der Waals surface area contributed by atoms with Gasteiger partial charge in [-0.25, -0.2) is 4.98 Å². The van der Waals surface area contributed by atoms with Crippen molar-refractivity contribution < 1.29 is 18.3 Å². The summed E-state index contributed by atoms with van der Waals surface area (Å²) in [6, 6.07) is 4.93. The minimum absolute atomic E-state index is 0. The number of hydrogen-bond acceptors (Lipinski definition) is 5. The first kappa shape index (κ1) is 25.3. The van der Waals surface area contributed by atoms with Gasteiger partial charge in [-0.2, -0.15) is 8.78 Å². The maximum absolute atomic E-state index is 12.8. The van der Waals surface area contributed by atoms with E-state index in [0.717, 1.165) is 17.1 Å². The van der Waals surface area contributed by atoms with Crippen molar-refractivity contribution in [2.45, 2.75) is 46.9 Å². The van der Waals surface area contributed by atoms with Crippen LogP contribution in [-0.4, -0.2) is 31.2 Å². The number of ether oxygens (including phenoxy) is 2. The van der Waals surface area contributed by atoms with Crippen molar-refractivity contribution in [1.29, 1.82) is 0 Å². The smallest absolute Gasteiger partial charge is 0.387 e. The Morgan fingerprint density at radius 1 is 1.24 bits per heavy atom. The van der Waals surface area contributed by atoms with Gasteiger partial charge in [-0.15, -0.1) is 35.3 Å². The molecule has 0 saturated carbocycles. The number of benzene rings is 1. The number of thiazole rings is 1. The molecule has 162 valence electrons. The van der Waals surface area contributed by atoms with Crippen molar-refractivity contribution in [3.63, 3.8) is 0 Å². The van der Waals surface area contributed by atoms with E-state index in [1.165, 1.54) is 10.9 Å². The molecule has 2 aromatic rings. The number of halogens is 3. The van der Waals surface area contributed by atoms with Gasteiger partial charge in [0.1, 0.15) is 16.5 Å². The van der Waals surface area contributed by atoms with Crippen molar-refractivity contribution in [3.05, 3.63) is 39.3 Å². The molecule has 6 nitrogen and oxygen atoms in total. The van der Waals surface area contributed by atoms with Crippen LogP contribution in [0.5, 0.6) is 11.5 Å². The lowest BCUT2D eigenvalue weighted by Gasteiger charge is -2.15. The third-order valence-corrected chi connectivity index (χ3v) is 4.95. The average molecular weight is 540 g/mol. The monoisotopic (exact) mass is 540 g/mol. The Bertz CT molecular complexity index is 783. The van der Waals surface area contributed by atoms with Crippen LogP contribution in [0.4, 0.5) is 8.78 Å². The normalized spacial score (nSPS) is 11.2. The van der Waals surface area contributed by atoms with E-state index in [-0.39, 0.29) is 36.3 Å². The number of nitrogens with one attached hydrogen (secondary N) is 2. The predicted octanol–water partition coefficient (Wildman–Crippen LogP) is 4.63. The maximum atomic E-state index is 12.8. The van der Waals surface area contributed by atoms with Gasteiger partial charge in [-0.1, -0.05) is 6.92 Å². The molecule has 2 rings (SSSR count). The van der Waals surface area contributed by atoms with E-state index in [4.69, 9.17) is 4.74 Å². The lowest BCUT2D eigenvalue weighted by Crippen LogP contribution is -2.36. The molecule has 1 heterocycles. The van der Waals surface area contributed by atoms with Crippen molar-refractivity contribution in [3.8, 4) is 11.5 Å². The summed E-state index contributed by atoms with van der Waals surface area (Å²) in [6.07, 6.45) is 0.828. The van der Waals surface area contributed by atoms with E-state index in [1.807, 2.05) is 20.8 Å². The number of alkyl halides is 2. The van der Waals surface area contributed by atoms with Gasteiger partial charge in [0.25, 0.3) is 0 Å². The highest BCUT2D eigenvalue weighted by molar-refractivity contribution is 14.0. The summed E-state index contributed by atoms with van der Waals surface area (Å²) in [5.74, 6) is 1.12. The minimum Gasteiger partial charge on any atom is -0.493 e. The van der Waals surface area contributed by atoms with Gasteiger partial charge in [-0.05, 0) is 32.4 Å². The van der Waals surface area contributed by atoms with Gasteiger partial charge in [0.2, 0.25) is 0 Å². The molecule has 0 amide bonds. The van der Waals surface area contributed by atoms with Crippen molar-refractivity contribution in [2.75, 3.05) is 13.7 Å². The van der Waals surface area contributed by atoms with Crippen LogP contribution in [-0.2, 0) is 13.1 Å². The van der Waals surface area contributed by atoms with E-state index in [9.17, 15) is 8.78 Å². The molecule has 0 aliphatic carbocycles. The summed E-state index contributed by atoms with van der Waals surface area (Å²) in [7, 11) is 1.64. The molecule has 2 N–H and O–H groups in total. The molecule has 0 unspecified atom stereocenters. The number of aryl methyl sites for hydroxylation is 2. The van der Waals surface area contributed by atoms with Crippen LogP contribution in [0.2, 0.25) is 0 Å². The van der Waals surface area contributed by atoms with Crippen LogP contribution in [0.3, 0.4) is 0 Å². The van der Waals surface area contributed by atoms with Gasteiger partial charge in [0.15, 0.2) is 5.96 Å². The standard InChI is InChI=1S/C19H26F2N4O2S.HI/c1-5-8-26-15-7-6-14(16(9-15)27-18(20)21)10-23-19(22-4)24-11-17-25-12(2)13(3)28-17;/h6-7,9,18H,5,8,10-11H2,1-4H3,(H2,22,23,24);1H. The van der Waals surface area contributed by atoms with Gasteiger partial charge >= 0.3 is 6.61 Å². The van der Waals surface area contributed by atoms with Gasteiger partial charge in [0, 0.05) is 30.1 Å². The highest BCUT2D eigenvalue weighted by atomic mass is 127. The summed E-state index contributed by atoms with van der Waals surface area (Å²) in [4.78, 5) is 9.80. The summed E-state index contributed by atoms with van der Waals surface area (Å²) >= 11 is 1.62. The van der Waals surface area contributed by atoms with E-state index < -0.39 is 6.61 Å². The second-order valence-electron chi connectivity index (χ2n) is 6.03. The molecular weight excluding hydrogens is 513 g/mol. The quantitative estimate of drug-likeness (QED) is 0.276. The van der Waals surface area contributed by atoms with Crippen molar-refractivity contribution in [2.24, 2.45) is 4.99 Å². The number of guanidine groups is 1. The number of aliphatic imine (C=N–C) groups is 1. The molecule has 0 saturated heterocycles. The fraction of sp³-hybridized carbons (Fsp3) is 0.474. The lowest BCUT2D eigenvalue weighted by molar-refractivity contribution is -0.0505. The Hall–Kier alpha value is -1.69. The first-order chi connectivity index (χ1) is 13.4. The molecule has 0 atom stereocenters. The van der Waals surface area contributed by atoms with Crippen molar-refractivity contribution in [1.82, 2.24) is 15.6 Å². The molecule has 1 aromatic carbocycles. The van der Waals surface area contributed by atoms with Gasteiger partial charge in [-0.3, -0.25) is 4.99 Å². The number of nitrogens with zero attached hydrogens (tertiary/aromatic N) is 2. The van der Waals surface area contributed by atoms with Crippen LogP contribution in [0.1, 0.15) is 34.5 Å². The summed E-state index contributed by atoms with van der Waals surface area (Å²) < 4.78 is 35.7. The van der Waals surface area contributed by atoms with Crippen LogP contribution in [0.15, 0.2) is 23.2 Å². The number of aromatic nitrogens is 1. The maximum Gasteiger partial charge on any atom is 0.387 e. The molecule has 1 aromatic heterocycles. The molecule has 10 heteroatoms. The third kappa shape index (κ3) is 8.29. The molecule has 0 bridgehead atoms. The van der Waals surface area contributed by atoms with Crippen molar-refractivity contribution >= 4 is 41.3 Å². The van der Waals surface area contributed by atoms with Crippen LogP contribution in [0, 0.1) is 13.8 Å². The molecule has 0 aliphatic rings. The zero-order chi connectivity index (χ0) is 20.5. The lowest BCUT2D eigenvalue weighted by atomic mass is 10.2. The highest BCUT2D eigenvalue weighted by Gasteiger charge is 2.12. The second kappa shape index (κ2) is 12.8. The first-order valence-electron chi connectivity index (χ1n) is 9.00. The number of rotatable bonds is 9. The fourth-order valence-electron chi connectivity index (χ4n) is 2.37. The van der Waals surface area contributed by atoms with Gasteiger partial charge in [0.05, 0.1) is 18.8 Å². The second-order valence-corrected chi connectivity index (χ2v) is 7.31. The zero-order valence-corrected chi connectivity index (χ0v) is 20.1. The SMILES string of the molecule is CCCOc1ccc(CNC(=NC)NCc2nc(C)c(C)s2)c(OC(F)F)c1.I. The Morgan fingerprint density at radius 3 is 2.55 bits per heavy atom. The third-order valence-electron chi connectivity index (χ3n) is 3.88. The first-order valence-corrected chi connectivity index (χ1v) is 9.82. The fourth-order valence-corrected chi connectivity index (χ4v) is 3.24. The number of hydrogen-bond donors (Lipinski definition) is 2. The average Bonchev–Trinajstić information content (AvgIpc) is 2.98. The highest BCUT2D eigenvalue weighted by Crippen LogP contribution is 2.26. The van der Waals surface area contributed by atoms with Crippen LogP contribution < -0.4 is 20.1 Å².